The number of Topliss-reactive ketones (excluding diaryl/α,β-unsaturated/α-hetero) is 1. The number of hydrogen-bond acceptors (Lipinski definition) is 4. The van der Waals surface area contributed by atoms with Gasteiger partial charge in [0, 0.05) is 5.41 Å². The van der Waals surface area contributed by atoms with Gasteiger partial charge >= 0.3 is 0 Å². The summed E-state index contributed by atoms with van der Waals surface area (Å²) >= 11 is 0. The smallest absolute Gasteiger partial charge is 0.239 e. The Hall–Kier alpha value is -1.43. The second kappa shape index (κ2) is 5.91. The highest BCUT2D eigenvalue weighted by molar-refractivity contribution is 5.93. The van der Waals surface area contributed by atoms with E-state index in [1.54, 1.807) is 0 Å². The summed E-state index contributed by atoms with van der Waals surface area (Å²) in [5.74, 6) is -0.107. The topological polar surface area (TPSA) is 87.3 Å². The quantitative estimate of drug-likeness (QED) is 0.617. The third-order valence-electron chi connectivity index (χ3n) is 4.36. The van der Waals surface area contributed by atoms with Gasteiger partial charge in [0.05, 0.1) is 19.1 Å². The van der Waals surface area contributed by atoms with Crippen molar-refractivity contribution in [1.82, 2.24) is 16.0 Å². The lowest BCUT2D eigenvalue weighted by molar-refractivity contribution is -0.129. The first-order valence-corrected chi connectivity index (χ1v) is 7.23. The van der Waals surface area contributed by atoms with E-state index in [1.807, 2.05) is 13.8 Å². The van der Waals surface area contributed by atoms with Crippen LogP contribution in [0.4, 0.5) is 0 Å². The predicted molar refractivity (Wildman–Crippen MR) is 73.9 cm³/mol. The minimum atomic E-state index is -0.318. The molecule has 6 nitrogen and oxygen atoms in total. The fourth-order valence-corrected chi connectivity index (χ4v) is 2.38. The first kappa shape index (κ1) is 15.0. The molecule has 0 bridgehead atoms. The Labute approximate surface area is 119 Å². The van der Waals surface area contributed by atoms with Crippen LogP contribution < -0.4 is 16.0 Å². The number of carbonyl (C=O) groups excluding carboxylic acids is 3. The van der Waals surface area contributed by atoms with Gasteiger partial charge in [0.25, 0.3) is 0 Å². The van der Waals surface area contributed by atoms with E-state index in [0.717, 1.165) is 25.8 Å². The van der Waals surface area contributed by atoms with Gasteiger partial charge in [-0.1, -0.05) is 13.8 Å². The van der Waals surface area contributed by atoms with Gasteiger partial charge in [-0.3, -0.25) is 14.4 Å². The van der Waals surface area contributed by atoms with Crippen molar-refractivity contribution in [2.45, 2.75) is 39.2 Å². The second-order valence-electron chi connectivity index (χ2n) is 6.18. The second-order valence-corrected chi connectivity index (χ2v) is 6.18. The number of hydrogen-bond donors (Lipinski definition) is 3. The van der Waals surface area contributed by atoms with Crippen LogP contribution >= 0.6 is 0 Å². The van der Waals surface area contributed by atoms with Crippen molar-refractivity contribution in [3.63, 3.8) is 0 Å². The molecule has 1 aliphatic heterocycles. The number of nitrogens with one attached hydrogen (secondary N) is 3. The highest BCUT2D eigenvalue weighted by atomic mass is 16.2. The van der Waals surface area contributed by atoms with Crippen molar-refractivity contribution < 1.29 is 14.4 Å². The molecule has 2 aliphatic rings. The molecule has 2 amide bonds. The maximum absolute atomic E-state index is 11.8. The van der Waals surface area contributed by atoms with Gasteiger partial charge < -0.3 is 16.0 Å². The van der Waals surface area contributed by atoms with E-state index in [4.69, 9.17) is 0 Å². The molecule has 6 heteroatoms. The number of amides is 2. The molecular formula is C14H23N3O3. The van der Waals surface area contributed by atoms with Crippen LogP contribution in [-0.2, 0) is 14.4 Å². The van der Waals surface area contributed by atoms with Gasteiger partial charge in [-0.25, -0.2) is 0 Å². The summed E-state index contributed by atoms with van der Waals surface area (Å²) in [6.45, 7) is 4.74. The molecule has 0 aromatic rings. The number of carbonyl (C=O) groups is 3. The van der Waals surface area contributed by atoms with Crippen molar-refractivity contribution in [2.75, 3.05) is 19.6 Å². The number of rotatable bonds is 6. The summed E-state index contributed by atoms with van der Waals surface area (Å²) in [6.07, 6.45) is 2.78. The third-order valence-corrected chi connectivity index (χ3v) is 4.36. The van der Waals surface area contributed by atoms with Crippen LogP contribution in [-0.4, -0.2) is 43.3 Å². The molecule has 2 atom stereocenters. The van der Waals surface area contributed by atoms with Crippen LogP contribution in [0.2, 0.25) is 0 Å². The number of ketones is 1. The van der Waals surface area contributed by atoms with Crippen molar-refractivity contribution in [2.24, 2.45) is 11.3 Å². The summed E-state index contributed by atoms with van der Waals surface area (Å²) in [4.78, 5) is 35.2. The minimum Gasteiger partial charge on any atom is -0.347 e. The van der Waals surface area contributed by atoms with Gasteiger partial charge in [-0.15, -0.1) is 0 Å². The predicted octanol–water partition coefficient (Wildman–Crippen LogP) is -0.414. The zero-order valence-corrected chi connectivity index (χ0v) is 12.1. The molecule has 20 heavy (non-hydrogen) atoms. The van der Waals surface area contributed by atoms with Crippen molar-refractivity contribution in [3.8, 4) is 0 Å². The molecule has 2 fully saturated rings. The Balaban J connectivity index is 1.64. The van der Waals surface area contributed by atoms with E-state index in [1.165, 1.54) is 0 Å². The molecule has 3 N–H and O–H groups in total. The van der Waals surface area contributed by atoms with Crippen molar-refractivity contribution in [1.29, 1.82) is 0 Å². The van der Waals surface area contributed by atoms with Gasteiger partial charge in [0.2, 0.25) is 11.8 Å². The summed E-state index contributed by atoms with van der Waals surface area (Å²) in [7, 11) is 0. The van der Waals surface area contributed by atoms with Crippen LogP contribution in [0, 0.1) is 11.3 Å². The van der Waals surface area contributed by atoms with Crippen LogP contribution in [0.3, 0.4) is 0 Å². The van der Waals surface area contributed by atoms with Crippen LogP contribution in [0.1, 0.15) is 33.1 Å². The average Bonchev–Trinajstić information content (AvgIpc) is 3.02. The molecule has 1 saturated heterocycles. The Morgan fingerprint density at radius 1 is 1.20 bits per heavy atom. The molecule has 2 unspecified atom stereocenters. The lowest BCUT2D eigenvalue weighted by atomic mass is 10.0. The fraction of sp³-hybridized carbons (Fsp3) is 0.786. The minimum absolute atomic E-state index is 0.0588. The van der Waals surface area contributed by atoms with Crippen LogP contribution in [0.25, 0.3) is 0 Å². The van der Waals surface area contributed by atoms with Gasteiger partial charge in [-0.05, 0) is 31.7 Å². The first-order valence-electron chi connectivity index (χ1n) is 7.23. The van der Waals surface area contributed by atoms with E-state index in [9.17, 15) is 14.4 Å². The first-order chi connectivity index (χ1) is 9.42. The molecule has 1 heterocycles. The molecule has 1 saturated carbocycles. The summed E-state index contributed by atoms with van der Waals surface area (Å²) in [5, 5.41) is 8.28. The van der Waals surface area contributed by atoms with E-state index in [2.05, 4.69) is 16.0 Å². The normalized spacial score (nSPS) is 26.9. The Morgan fingerprint density at radius 3 is 2.45 bits per heavy atom. The van der Waals surface area contributed by atoms with E-state index in [0.29, 0.717) is 0 Å². The maximum Gasteiger partial charge on any atom is 0.239 e. The summed E-state index contributed by atoms with van der Waals surface area (Å²) in [5.41, 5.74) is -0.222. The molecule has 1 aliphatic carbocycles. The summed E-state index contributed by atoms with van der Waals surface area (Å²) < 4.78 is 0. The Kier molecular flexibility index (Phi) is 4.42. The van der Waals surface area contributed by atoms with Crippen LogP contribution in [0.15, 0.2) is 0 Å². The van der Waals surface area contributed by atoms with Crippen molar-refractivity contribution in [3.05, 3.63) is 0 Å². The molecule has 0 spiro atoms. The molecule has 2 rings (SSSR count). The largest absolute Gasteiger partial charge is 0.347 e. The average molecular weight is 281 g/mol. The zero-order chi connectivity index (χ0) is 14.8. The van der Waals surface area contributed by atoms with Gasteiger partial charge in [-0.2, -0.15) is 0 Å². The van der Waals surface area contributed by atoms with Gasteiger partial charge in [0.15, 0.2) is 5.78 Å². The lowest BCUT2D eigenvalue weighted by Gasteiger charge is -2.15. The highest BCUT2D eigenvalue weighted by Crippen LogP contribution is 2.45. The Bertz CT molecular complexity index is 418. The lowest BCUT2D eigenvalue weighted by Crippen LogP contribution is -2.47. The highest BCUT2D eigenvalue weighted by Gasteiger charge is 2.44. The maximum atomic E-state index is 11.8. The Morgan fingerprint density at radius 2 is 1.90 bits per heavy atom. The molecule has 0 radical (unpaired) electrons. The standard InChI is InChI=1S/C14H23N3O3/c1-9-3-6-15-12(9)13(20)17-8-11(19)16-7-10(18)14(2)4-5-14/h9,12,15H,3-8H2,1-2H3,(H,16,19)(H,17,20). The monoisotopic (exact) mass is 281 g/mol. The molecule has 0 aromatic carbocycles. The van der Waals surface area contributed by atoms with Crippen LogP contribution in [0.5, 0.6) is 0 Å². The molecular weight excluding hydrogens is 258 g/mol. The zero-order valence-electron chi connectivity index (χ0n) is 12.1. The van der Waals surface area contributed by atoms with E-state index >= 15 is 0 Å². The van der Waals surface area contributed by atoms with Crippen molar-refractivity contribution >= 4 is 17.6 Å². The third kappa shape index (κ3) is 3.56. The van der Waals surface area contributed by atoms with E-state index in [-0.39, 0.29) is 48.1 Å². The summed E-state index contributed by atoms with van der Waals surface area (Å²) in [6, 6.07) is -0.213. The molecule has 112 valence electrons. The molecule has 0 aromatic heterocycles. The van der Waals surface area contributed by atoms with Gasteiger partial charge in [0.1, 0.15) is 0 Å². The van der Waals surface area contributed by atoms with E-state index < -0.39 is 0 Å². The fourth-order valence-electron chi connectivity index (χ4n) is 2.38. The SMILES string of the molecule is CC1CCNC1C(=O)NCC(=O)NCC(=O)C1(C)CC1.